The van der Waals surface area contributed by atoms with E-state index in [1.807, 2.05) is 32.0 Å². The van der Waals surface area contributed by atoms with E-state index in [9.17, 15) is 13.2 Å². The van der Waals surface area contributed by atoms with Crippen LogP contribution in [0.2, 0.25) is 0 Å². The van der Waals surface area contributed by atoms with Gasteiger partial charge >= 0.3 is 5.97 Å². The molecule has 1 aromatic carbocycles. The number of carboxylic acid groups (broad SMARTS) is 1. The Kier molecular flexibility index (Phi) is 8.30. The van der Waals surface area contributed by atoms with E-state index < -0.39 is 28.2 Å². The Morgan fingerprint density at radius 2 is 2.10 bits per heavy atom. The molecule has 0 saturated carbocycles. The lowest BCUT2D eigenvalue weighted by molar-refractivity contribution is -0.142. The van der Waals surface area contributed by atoms with Crippen LogP contribution in [0.25, 0.3) is 0 Å². The number of carboxylic acids is 1. The Morgan fingerprint density at radius 1 is 1.34 bits per heavy atom. The summed E-state index contributed by atoms with van der Waals surface area (Å²) >= 11 is 0. The van der Waals surface area contributed by atoms with E-state index in [0.717, 1.165) is 18.4 Å². The summed E-state index contributed by atoms with van der Waals surface area (Å²) in [5.41, 5.74) is 0.341. The molecule has 2 rings (SSSR count). The monoisotopic (exact) mass is 429 g/mol. The molecular formula is C20H31NO7S. The molecule has 1 unspecified atom stereocenters. The number of rotatable bonds is 12. The van der Waals surface area contributed by atoms with Gasteiger partial charge < -0.3 is 19.3 Å². The molecule has 0 aromatic heterocycles. The van der Waals surface area contributed by atoms with Crippen molar-refractivity contribution in [3.8, 4) is 11.5 Å². The Balaban J connectivity index is 2.07. The molecular weight excluding hydrogens is 398 g/mol. The minimum atomic E-state index is -3.58. The SMILES string of the molecule is CCCCOc1ccc2c(c1)C(CS(=O)(=O)NCCOCC(=O)O)CC(C)(C)O2. The van der Waals surface area contributed by atoms with E-state index in [-0.39, 0.29) is 24.8 Å². The van der Waals surface area contributed by atoms with Gasteiger partial charge in [0.2, 0.25) is 10.0 Å². The maximum atomic E-state index is 12.6. The molecule has 0 amide bonds. The van der Waals surface area contributed by atoms with Crippen molar-refractivity contribution in [1.82, 2.24) is 4.72 Å². The summed E-state index contributed by atoms with van der Waals surface area (Å²) in [4.78, 5) is 10.4. The van der Waals surface area contributed by atoms with E-state index in [4.69, 9.17) is 19.3 Å². The second-order valence-corrected chi connectivity index (χ2v) is 9.64. The summed E-state index contributed by atoms with van der Waals surface area (Å²) < 4.78 is 44.3. The molecule has 0 fully saturated rings. The first kappa shape index (κ1) is 23.4. The molecule has 1 aliphatic heterocycles. The molecule has 0 spiro atoms. The van der Waals surface area contributed by atoms with Crippen molar-refractivity contribution in [3.05, 3.63) is 23.8 Å². The summed E-state index contributed by atoms with van der Waals surface area (Å²) in [6.07, 6.45) is 2.53. The van der Waals surface area contributed by atoms with Gasteiger partial charge in [-0.25, -0.2) is 17.9 Å². The number of benzene rings is 1. The number of hydrogen-bond donors (Lipinski definition) is 2. The molecule has 1 atom stereocenters. The maximum absolute atomic E-state index is 12.6. The molecule has 164 valence electrons. The molecule has 8 nitrogen and oxygen atoms in total. The van der Waals surface area contributed by atoms with Crippen LogP contribution in [0.15, 0.2) is 18.2 Å². The van der Waals surface area contributed by atoms with Crippen molar-refractivity contribution in [1.29, 1.82) is 0 Å². The van der Waals surface area contributed by atoms with E-state index in [1.165, 1.54) is 0 Å². The van der Waals surface area contributed by atoms with Crippen molar-refractivity contribution in [2.75, 3.05) is 32.1 Å². The van der Waals surface area contributed by atoms with Gasteiger partial charge in [-0.05, 0) is 44.9 Å². The number of ether oxygens (including phenoxy) is 3. The fourth-order valence-electron chi connectivity index (χ4n) is 3.31. The second kappa shape index (κ2) is 10.3. The lowest BCUT2D eigenvalue weighted by Gasteiger charge is -2.37. The van der Waals surface area contributed by atoms with E-state index >= 15 is 0 Å². The zero-order chi connectivity index (χ0) is 21.5. The predicted molar refractivity (Wildman–Crippen MR) is 109 cm³/mol. The minimum absolute atomic E-state index is 0.00317. The number of sulfonamides is 1. The Bertz CT molecular complexity index is 792. The number of nitrogens with one attached hydrogen (secondary N) is 1. The van der Waals surface area contributed by atoms with Crippen LogP contribution in [-0.2, 0) is 19.6 Å². The van der Waals surface area contributed by atoms with Crippen LogP contribution in [-0.4, -0.2) is 57.2 Å². The Morgan fingerprint density at radius 3 is 2.79 bits per heavy atom. The molecule has 0 radical (unpaired) electrons. The number of carbonyl (C=O) groups is 1. The summed E-state index contributed by atoms with van der Waals surface area (Å²) in [5.74, 6) is -0.0526. The molecule has 0 saturated heterocycles. The van der Waals surface area contributed by atoms with Gasteiger partial charge in [-0.15, -0.1) is 0 Å². The number of aliphatic carboxylic acids is 1. The molecule has 1 aromatic rings. The van der Waals surface area contributed by atoms with Crippen molar-refractivity contribution in [3.63, 3.8) is 0 Å². The Labute approximate surface area is 172 Å². The zero-order valence-corrected chi connectivity index (χ0v) is 18.1. The molecule has 2 N–H and O–H groups in total. The maximum Gasteiger partial charge on any atom is 0.329 e. The van der Waals surface area contributed by atoms with Crippen LogP contribution >= 0.6 is 0 Å². The van der Waals surface area contributed by atoms with Gasteiger partial charge in [0.15, 0.2) is 0 Å². The number of fused-ring (bicyclic) bond motifs is 1. The highest BCUT2D eigenvalue weighted by Crippen LogP contribution is 2.42. The lowest BCUT2D eigenvalue weighted by Crippen LogP contribution is -2.39. The zero-order valence-electron chi connectivity index (χ0n) is 17.3. The van der Waals surface area contributed by atoms with Gasteiger partial charge in [0.05, 0.1) is 19.0 Å². The van der Waals surface area contributed by atoms with Crippen LogP contribution in [0.3, 0.4) is 0 Å². The highest BCUT2D eigenvalue weighted by molar-refractivity contribution is 7.89. The third-order valence-electron chi connectivity index (χ3n) is 4.53. The van der Waals surface area contributed by atoms with Gasteiger partial charge in [-0.1, -0.05) is 13.3 Å². The minimum Gasteiger partial charge on any atom is -0.494 e. The quantitative estimate of drug-likeness (QED) is 0.491. The average molecular weight is 430 g/mol. The third-order valence-corrected chi connectivity index (χ3v) is 6.01. The van der Waals surface area contributed by atoms with E-state index in [2.05, 4.69) is 11.6 Å². The summed E-state index contributed by atoms with van der Waals surface area (Å²) in [6.45, 7) is 6.15. The van der Waals surface area contributed by atoms with E-state index in [0.29, 0.717) is 24.5 Å². The predicted octanol–water partition coefficient (Wildman–Crippen LogP) is 2.53. The fourth-order valence-corrected chi connectivity index (χ4v) is 4.65. The molecule has 0 aliphatic carbocycles. The van der Waals surface area contributed by atoms with Crippen molar-refractivity contribution in [2.45, 2.75) is 51.6 Å². The average Bonchev–Trinajstić information content (AvgIpc) is 2.60. The highest BCUT2D eigenvalue weighted by Gasteiger charge is 2.36. The van der Waals surface area contributed by atoms with Crippen LogP contribution in [0.5, 0.6) is 11.5 Å². The first-order valence-corrected chi connectivity index (χ1v) is 11.5. The molecule has 9 heteroatoms. The first-order chi connectivity index (χ1) is 13.6. The van der Waals surface area contributed by atoms with Crippen molar-refractivity contribution in [2.24, 2.45) is 0 Å². The normalized spacial score (nSPS) is 18.0. The van der Waals surface area contributed by atoms with Gasteiger partial charge in [-0.3, -0.25) is 0 Å². The smallest absolute Gasteiger partial charge is 0.329 e. The summed E-state index contributed by atoms with van der Waals surface area (Å²) in [6, 6.07) is 5.56. The summed E-state index contributed by atoms with van der Waals surface area (Å²) in [7, 11) is -3.58. The van der Waals surface area contributed by atoms with Crippen LogP contribution < -0.4 is 14.2 Å². The van der Waals surface area contributed by atoms with Crippen molar-refractivity contribution < 1.29 is 32.5 Å². The van der Waals surface area contributed by atoms with Gasteiger partial charge in [-0.2, -0.15) is 0 Å². The second-order valence-electron chi connectivity index (χ2n) is 7.79. The lowest BCUT2D eigenvalue weighted by atomic mass is 9.85. The highest BCUT2D eigenvalue weighted by atomic mass is 32.2. The molecule has 29 heavy (non-hydrogen) atoms. The standard InChI is InChI=1S/C20H31NO7S/c1-4-5-9-27-16-6-7-18-17(11-16)15(12-20(2,3)28-18)14-29(24,25)21-8-10-26-13-19(22)23/h6-7,11,15,21H,4-5,8-10,12-14H2,1-3H3,(H,22,23). The molecule has 1 aliphatic rings. The van der Waals surface area contributed by atoms with Gasteiger partial charge in [0.25, 0.3) is 0 Å². The third kappa shape index (κ3) is 7.83. The number of hydrogen-bond acceptors (Lipinski definition) is 6. The molecule has 1 heterocycles. The Hall–Kier alpha value is -1.84. The first-order valence-electron chi connectivity index (χ1n) is 9.84. The summed E-state index contributed by atoms with van der Waals surface area (Å²) in [5, 5.41) is 8.54. The van der Waals surface area contributed by atoms with Crippen LogP contribution in [0.1, 0.15) is 51.5 Å². The van der Waals surface area contributed by atoms with Gasteiger partial charge in [0.1, 0.15) is 23.7 Å². The fraction of sp³-hybridized carbons (Fsp3) is 0.650. The molecule has 0 bridgehead atoms. The van der Waals surface area contributed by atoms with Crippen LogP contribution in [0.4, 0.5) is 0 Å². The largest absolute Gasteiger partial charge is 0.494 e. The van der Waals surface area contributed by atoms with Crippen LogP contribution in [0, 0.1) is 0 Å². The van der Waals surface area contributed by atoms with E-state index in [1.54, 1.807) is 0 Å². The van der Waals surface area contributed by atoms with Crippen molar-refractivity contribution >= 4 is 16.0 Å². The van der Waals surface area contributed by atoms with Gasteiger partial charge in [0, 0.05) is 18.0 Å². The number of unbranched alkanes of at least 4 members (excludes halogenated alkanes) is 1. The topological polar surface area (TPSA) is 111 Å².